The van der Waals surface area contributed by atoms with E-state index in [4.69, 9.17) is 0 Å². The van der Waals surface area contributed by atoms with Crippen molar-refractivity contribution in [3.05, 3.63) is 6.92 Å². The Morgan fingerprint density at radius 3 is 2.17 bits per heavy atom. The molecule has 3 saturated carbocycles. The van der Waals surface area contributed by atoms with E-state index < -0.39 is 0 Å². The average molecular weight is 165 g/mol. The molecule has 0 N–H and O–H groups in total. The van der Waals surface area contributed by atoms with Gasteiger partial charge in [0, 0.05) is 0 Å². The van der Waals surface area contributed by atoms with Gasteiger partial charge < -0.3 is 0 Å². The molecule has 0 saturated heterocycles. The van der Waals surface area contributed by atoms with Crippen LogP contribution in [0.5, 0.6) is 0 Å². The van der Waals surface area contributed by atoms with Crippen LogP contribution in [-0.2, 0) is 0 Å². The third-order valence-electron chi connectivity index (χ3n) is 4.51. The molecule has 0 aromatic carbocycles. The zero-order valence-corrected chi connectivity index (χ0v) is 8.31. The molecule has 1 radical (unpaired) electrons. The van der Waals surface area contributed by atoms with E-state index in [2.05, 4.69) is 13.8 Å². The Balaban J connectivity index is 2.08. The predicted octanol–water partition coefficient (Wildman–Crippen LogP) is 3.82. The largest absolute Gasteiger partial charge is 0.0651 e. The topological polar surface area (TPSA) is 0 Å². The minimum Gasteiger partial charge on any atom is -0.0651 e. The molecule has 0 aliphatic heterocycles. The Hall–Kier alpha value is 0. The van der Waals surface area contributed by atoms with Crippen LogP contribution in [0.2, 0.25) is 0 Å². The van der Waals surface area contributed by atoms with Gasteiger partial charge in [-0.25, -0.2) is 0 Å². The van der Waals surface area contributed by atoms with Crippen LogP contribution in [0, 0.1) is 24.2 Å². The molecule has 69 valence electrons. The van der Waals surface area contributed by atoms with Gasteiger partial charge in [0.25, 0.3) is 0 Å². The molecule has 3 rings (SSSR count). The Morgan fingerprint density at radius 1 is 1.25 bits per heavy atom. The van der Waals surface area contributed by atoms with Crippen molar-refractivity contribution in [1.29, 1.82) is 0 Å². The van der Waals surface area contributed by atoms with E-state index in [9.17, 15) is 0 Å². The lowest BCUT2D eigenvalue weighted by Crippen LogP contribution is -2.38. The maximum absolute atomic E-state index is 4.35. The van der Waals surface area contributed by atoms with E-state index >= 15 is 0 Å². The number of rotatable bonds is 2. The summed E-state index contributed by atoms with van der Waals surface area (Å²) in [5.74, 6) is 1.83. The molecule has 1 atom stereocenters. The second-order valence-corrected chi connectivity index (χ2v) is 4.95. The fourth-order valence-corrected chi connectivity index (χ4v) is 3.33. The zero-order valence-electron chi connectivity index (χ0n) is 8.31. The summed E-state index contributed by atoms with van der Waals surface area (Å²) in [4.78, 5) is 0. The van der Waals surface area contributed by atoms with Crippen molar-refractivity contribution in [3.8, 4) is 0 Å². The van der Waals surface area contributed by atoms with E-state index in [1.165, 1.54) is 44.9 Å². The maximum atomic E-state index is 4.35. The van der Waals surface area contributed by atoms with Gasteiger partial charge >= 0.3 is 0 Å². The molecule has 3 aliphatic carbocycles. The smallest absolute Gasteiger partial charge is 0.0269 e. The molecule has 0 aromatic heterocycles. The van der Waals surface area contributed by atoms with Crippen LogP contribution in [0.1, 0.15) is 51.9 Å². The molecule has 2 bridgehead atoms. The lowest BCUT2D eigenvalue weighted by Gasteiger charge is -2.50. The highest BCUT2D eigenvalue weighted by Crippen LogP contribution is 2.54. The van der Waals surface area contributed by atoms with E-state index in [1.54, 1.807) is 0 Å². The molecule has 0 heteroatoms. The Bertz CT molecular complexity index is 138. The van der Waals surface area contributed by atoms with Crippen molar-refractivity contribution in [1.82, 2.24) is 0 Å². The van der Waals surface area contributed by atoms with E-state index in [0.717, 1.165) is 11.8 Å². The first-order valence-electron chi connectivity index (χ1n) is 5.60. The summed E-state index contributed by atoms with van der Waals surface area (Å²) >= 11 is 0. The van der Waals surface area contributed by atoms with Crippen LogP contribution in [0.3, 0.4) is 0 Å². The summed E-state index contributed by atoms with van der Waals surface area (Å²) in [6.07, 6.45) is 10.3. The van der Waals surface area contributed by atoms with Gasteiger partial charge in [0.2, 0.25) is 0 Å². The van der Waals surface area contributed by atoms with E-state index in [0.29, 0.717) is 5.41 Å². The minimum absolute atomic E-state index is 0.684. The van der Waals surface area contributed by atoms with Gasteiger partial charge in [0.05, 0.1) is 0 Å². The summed E-state index contributed by atoms with van der Waals surface area (Å²) in [5, 5.41) is 0. The highest BCUT2D eigenvalue weighted by molar-refractivity contribution is 4.96. The first-order chi connectivity index (χ1) is 5.77. The quantitative estimate of drug-likeness (QED) is 0.583. The maximum Gasteiger partial charge on any atom is -0.0269 e. The predicted molar refractivity (Wildman–Crippen MR) is 52.8 cm³/mol. The van der Waals surface area contributed by atoms with Gasteiger partial charge in [-0.2, -0.15) is 0 Å². The third kappa shape index (κ3) is 1.20. The average Bonchev–Trinajstić information content (AvgIpc) is 2.19. The van der Waals surface area contributed by atoms with Gasteiger partial charge in [-0.1, -0.05) is 13.3 Å². The monoisotopic (exact) mass is 165 g/mol. The van der Waals surface area contributed by atoms with Crippen molar-refractivity contribution < 1.29 is 0 Å². The van der Waals surface area contributed by atoms with Crippen LogP contribution in [0.15, 0.2) is 0 Å². The molecule has 0 heterocycles. The van der Waals surface area contributed by atoms with Crippen molar-refractivity contribution in [2.45, 2.75) is 51.9 Å². The highest BCUT2D eigenvalue weighted by Gasteiger charge is 2.42. The van der Waals surface area contributed by atoms with Crippen molar-refractivity contribution in [2.24, 2.45) is 17.3 Å². The molecule has 1 unspecified atom stereocenters. The van der Waals surface area contributed by atoms with Crippen molar-refractivity contribution >= 4 is 0 Å². The molecule has 0 spiro atoms. The lowest BCUT2D eigenvalue weighted by atomic mass is 9.55. The van der Waals surface area contributed by atoms with Crippen LogP contribution in [0.25, 0.3) is 0 Å². The van der Waals surface area contributed by atoms with Gasteiger partial charge in [-0.3, -0.25) is 0 Å². The van der Waals surface area contributed by atoms with E-state index in [1.807, 2.05) is 0 Å². The SMILES string of the molecule is [CH2]C(CC)C12CCC(CC1)CC2. The highest BCUT2D eigenvalue weighted by atomic mass is 14.5. The molecular formula is C12H21. The summed E-state index contributed by atoms with van der Waals surface area (Å²) in [6.45, 7) is 6.65. The summed E-state index contributed by atoms with van der Waals surface area (Å²) < 4.78 is 0. The second-order valence-electron chi connectivity index (χ2n) is 4.95. The fourth-order valence-electron chi connectivity index (χ4n) is 3.33. The molecule has 3 fully saturated rings. The van der Waals surface area contributed by atoms with Crippen LogP contribution in [-0.4, -0.2) is 0 Å². The number of hydrogen-bond donors (Lipinski definition) is 0. The number of fused-ring (bicyclic) bond motifs is 3. The van der Waals surface area contributed by atoms with Crippen LogP contribution < -0.4 is 0 Å². The summed E-state index contributed by atoms with van der Waals surface area (Å²) in [6, 6.07) is 0. The molecule has 0 amide bonds. The standard InChI is InChI=1S/C12H21/c1-3-10(2)12-7-4-11(5-8-12)6-9-12/h10-11H,2-9H2,1H3. The normalized spacial score (nSPS) is 43.0. The van der Waals surface area contributed by atoms with Gasteiger partial charge in [-0.15, -0.1) is 0 Å². The van der Waals surface area contributed by atoms with Gasteiger partial charge in [0.1, 0.15) is 0 Å². The lowest BCUT2D eigenvalue weighted by molar-refractivity contribution is 0.0234. The van der Waals surface area contributed by atoms with Crippen molar-refractivity contribution in [2.75, 3.05) is 0 Å². The Labute approximate surface area is 76.7 Å². The minimum atomic E-state index is 0.684. The van der Waals surface area contributed by atoms with Crippen LogP contribution >= 0.6 is 0 Å². The van der Waals surface area contributed by atoms with Gasteiger partial charge in [-0.05, 0) is 62.7 Å². The fraction of sp³-hybridized carbons (Fsp3) is 0.917. The first kappa shape index (κ1) is 8.59. The first-order valence-corrected chi connectivity index (χ1v) is 5.60. The third-order valence-corrected chi connectivity index (χ3v) is 4.51. The molecule has 3 aliphatic rings. The van der Waals surface area contributed by atoms with Gasteiger partial charge in [0.15, 0.2) is 0 Å². The number of hydrogen-bond acceptors (Lipinski definition) is 0. The Morgan fingerprint density at radius 2 is 1.75 bits per heavy atom. The molecule has 0 aromatic rings. The molecule has 0 nitrogen and oxygen atoms in total. The van der Waals surface area contributed by atoms with Crippen molar-refractivity contribution in [3.63, 3.8) is 0 Å². The van der Waals surface area contributed by atoms with E-state index in [-0.39, 0.29) is 0 Å². The second kappa shape index (κ2) is 3.05. The Kier molecular flexibility index (Phi) is 2.18. The summed E-state index contributed by atoms with van der Waals surface area (Å²) in [7, 11) is 0. The van der Waals surface area contributed by atoms with Crippen LogP contribution in [0.4, 0.5) is 0 Å². The summed E-state index contributed by atoms with van der Waals surface area (Å²) in [5.41, 5.74) is 0.684. The molecular weight excluding hydrogens is 144 g/mol. The zero-order chi connectivity index (χ0) is 8.60. The molecule has 12 heavy (non-hydrogen) atoms.